The first-order valence-electron chi connectivity index (χ1n) is 6.64. The van der Waals surface area contributed by atoms with Crippen LogP contribution in [0.3, 0.4) is 0 Å². The summed E-state index contributed by atoms with van der Waals surface area (Å²) in [7, 11) is 1.64. The van der Waals surface area contributed by atoms with Gasteiger partial charge in [-0.3, -0.25) is 9.59 Å². The van der Waals surface area contributed by atoms with Gasteiger partial charge in [0, 0.05) is 11.9 Å². The van der Waals surface area contributed by atoms with Crippen molar-refractivity contribution in [3.05, 3.63) is 21.4 Å². The van der Waals surface area contributed by atoms with Gasteiger partial charge in [-0.05, 0) is 44.2 Å². The molecule has 0 aliphatic heterocycles. The second-order valence-electron chi connectivity index (χ2n) is 4.73. The number of hydrogen-bond acceptors (Lipinski definition) is 4. The molecule has 0 bridgehead atoms. The predicted molar refractivity (Wildman–Crippen MR) is 74.6 cm³/mol. The van der Waals surface area contributed by atoms with Gasteiger partial charge in [0.15, 0.2) is 0 Å². The summed E-state index contributed by atoms with van der Waals surface area (Å²) in [6.07, 6.45) is 4.56. The van der Waals surface area contributed by atoms with E-state index < -0.39 is 0 Å². The van der Waals surface area contributed by atoms with Crippen molar-refractivity contribution in [2.75, 3.05) is 20.2 Å². The number of aryl methyl sites for hydroxylation is 2. The van der Waals surface area contributed by atoms with Crippen molar-refractivity contribution in [2.45, 2.75) is 32.6 Å². The van der Waals surface area contributed by atoms with E-state index in [1.165, 1.54) is 28.2 Å². The van der Waals surface area contributed by atoms with E-state index in [0.717, 1.165) is 17.7 Å². The largest absolute Gasteiger partial charge is 0.465 e. The third-order valence-electron chi connectivity index (χ3n) is 3.23. The number of amides is 1. The highest BCUT2D eigenvalue weighted by atomic mass is 32.1. The molecule has 19 heavy (non-hydrogen) atoms. The van der Waals surface area contributed by atoms with Crippen molar-refractivity contribution in [1.82, 2.24) is 4.90 Å². The summed E-state index contributed by atoms with van der Waals surface area (Å²) < 4.78 is 4.85. The highest BCUT2D eigenvalue weighted by Crippen LogP contribution is 2.30. The number of rotatable bonds is 4. The quantitative estimate of drug-likeness (QED) is 0.795. The SMILES string of the molecule is CCOC(=O)CN(C)C(=O)c1cc2c(s1)CCCC2. The van der Waals surface area contributed by atoms with Crippen LogP contribution >= 0.6 is 11.3 Å². The van der Waals surface area contributed by atoms with Crippen LogP contribution in [0.2, 0.25) is 0 Å². The Morgan fingerprint density at radius 1 is 1.37 bits per heavy atom. The Hall–Kier alpha value is -1.36. The molecule has 0 fully saturated rings. The molecule has 1 amide bonds. The molecule has 0 saturated carbocycles. The fraction of sp³-hybridized carbons (Fsp3) is 0.571. The third kappa shape index (κ3) is 3.35. The number of ether oxygens (including phenoxy) is 1. The molecule has 4 nitrogen and oxygen atoms in total. The second kappa shape index (κ2) is 6.19. The van der Waals surface area contributed by atoms with Crippen LogP contribution < -0.4 is 0 Å². The minimum absolute atomic E-state index is 0.00917. The van der Waals surface area contributed by atoms with Crippen LogP contribution in [0.5, 0.6) is 0 Å². The molecule has 2 rings (SSSR count). The van der Waals surface area contributed by atoms with Crippen molar-refractivity contribution < 1.29 is 14.3 Å². The molecule has 1 aliphatic rings. The van der Waals surface area contributed by atoms with Crippen LogP contribution in [0.1, 0.15) is 39.9 Å². The number of esters is 1. The molecule has 1 aromatic rings. The van der Waals surface area contributed by atoms with Gasteiger partial charge in [-0.2, -0.15) is 0 Å². The van der Waals surface area contributed by atoms with E-state index in [2.05, 4.69) is 0 Å². The number of thiophene rings is 1. The predicted octanol–water partition coefficient (Wildman–Crippen LogP) is 2.26. The molecule has 0 unspecified atom stereocenters. The van der Waals surface area contributed by atoms with E-state index in [9.17, 15) is 9.59 Å². The van der Waals surface area contributed by atoms with Crippen LogP contribution in [0, 0.1) is 0 Å². The van der Waals surface area contributed by atoms with E-state index >= 15 is 0 Å². The van der Waals surface area contributed by atoms with Crippen LogP contribution in [-0.2, 0) is 22.4 Å². The molecule has 1 aromatic heterocycles. The number of carbonyl (C=O) groups is 2. The number of likely N-dealkylation sites (N-methyl/N-ethyl adjacent to an activating group) is 1. The average Bonchev–Trinajstić information content (AvgIpc) is 2.81. The summed E-state index contributed by atoms with van der Waals surface area (Å²) in [6.45, 7) is 2.11. The van der Waals surface area contributed by atoms with Crippen LogP contribution in [0.4, 0.5) is 0 Å². The van der Waals surface area contributed by atoms with Crippen molar-refractivity contribution in [3.63, 3.8) is 0 Å². The summed E-state index contributed by atoms with van der Waals surface area (Å²) in [5.41, 5.74) is 1.31. The van der Waals surface area contributed by atoms with Gasteiger partial charge in [0.05, 0.1) is 11.5 Å². The van der Waals surface area contributed by atoms with E-state index in [4.69, 9.17) is 4.74 Å². The molecular formula is C14H19NO3S. The van der Waals surface area contributed by atoms with Gasteiger partial charge in [0.2, 0.25) is 0 Å². The van der Waals surface area contributed by atoms with Gasteiger partial charge in [0.25, 0.3) is 5.91 Å². The maximum Gasteiger partial charge on any atom is 0.325 e. The normalized spacial score (nSPS) is 13.8. The lowest BCUT2D eigenvalue weighted by atomic mass is 9.99. The third-order valence-corrected chi connectivity index (χ3v) is 4.45. The minimum Gasteiger partial charge on any atom is -0.465 e. The Morgan fingerprint density at radius 3 is 2.79 bits per heavy atom. The zero-order chi connectivity index (χ0) is 13.8. The van der Waals surface area contributed by atoms with Crippen LogP contribution in [-0.4, -0.2) is 37.0 Å². The van der Waals surface area contributed by atoms with Crippen LogP contribution in [0.25, 0.3) is 0 Å². The summed E-state index contributed by atoms with van der Waals surface area (Å²) in [5, 5.41) is 0. The first kappa shape index (κ1) is 14.1. The second-order valence-corrected chi connectivity index (χ2v) is 5.87. The Labute approximate surface area is 117 Å². The number of hydrogen-bond donors (Lipinski definition) is 0. The Kier molecular flexibility index (Phi) is 4.58. The fourth-order valence-corrected chi connectivity index (χ4v) is 3.50. The maximum atomic E-state index is 12.2. The van der Waals surface area contributed by atoms with Crippen LogP contribution in [0.15, 0.2) is 6.07 Å². The molecule has 0 aromatic carbocycles. The van der Waals surface area contributed by atoms with Crippen molar-refractivity contribution >= 4 is 23.2 Å². The molecule has 0 spiro atoms. The number of fused-ring (bicyclic) bond motifs is 1. The molecule has 0 atom stereocenters. The van der Waals surface area contributed by atoms with Crippen molar-refractivity contribution in [3.8, 4) is 0 Å². The van der Waals surface area contributed by atoms with Crippen molar-refractivity contribution in [2.24, 2.45) is 0 Å². The lowest BCUT2D eigenvalue weighted by Gasteiger charge is -2.14. The van der Waals surface area contributed by atoms with Gasteiger partial charge < -0.3 is 9.64 Å². The van der Waals surface area contributed by atoms with E-state index in [-0.39, 0.29) is 18.4 Å². The van der Waals surface area contributed by atoms with Gasteiger partial charge in [-0.15, -0.1) is 11.3 Å². The molecule has 0 radical (unpaired) electrons. The highest BCUT2D eigenvalue weighted by molar-refractivity contribution is 7.14. The Morgan fingerprint density at radius 2 is 2.11 bits per heavy atom. The number of carbonyl (C=O) groups excluding carboxylic acids is 2. The minimum atomic E-state index is -0.361. The zero-order valence-electron chi connectivity index (χ0n) is 11.4. The molecule has 5 heteroatoms. The summed E-state index contributed by atoms with van der Waals surface area (Å²) in [5.74, 6) is -0.452. The molecule has 1 aliphatic carbocycles. The first-order chi connectivity index (χ1) is 9.11. The molecule has 0 saturated heterocycles. The Bertz CT molecular complexity index is 458. The van der Waals surface area contributed by atoms with E-state index in [1.54, 1.807) is 25.3 Å². The monoisotopic (exact) mass is 281 g/mol. The maximum absolute atomic E-state index is 12.2. The van der Waals surface area contributed by atoms with Gasteiger partial charge in [-0.1, -0.05) is 0 Å². The summed E-state index contributed by atoms with van der Waals surface area (Å²) >= 11 is 1.57. The number of nitrogens with zero attached hydrogens (tertiary/aromatic N) is 1. The standard InChI is InChI=1S/C14H19NO3S/c1-3-18-13(16)9-15(2)14(17)12-8-10-6-4-5-7-11(10)19-12/h8H,3-7,9H2,1-2H3. The molecular weight excluding hydrogens is 262 g/mol. The zero-order valence-corrected chi connectivity index (χ0v) is 12.2. The smallest absolute Gasteiger partial charge is 0.325 e. The van der Waals surface area contributed by atoms with E-state index in [1.807, 2.05) is 6.07 Å². The topological polar surface area (TPSA) is 46.6 Å². The van der Waals surface area contributed by atoms with Crippen molar-refractivity contribution in [1.29, 1.82) is 0 Å². The van der Waals surface area contributed by atoms with Gasteiger partial charge in [0.1, 0.15) is 6.54 Å². The molecule has 0 N–H and O–H groups in total. The molecule has 104 valence electrons. The lowest BCUT2D eigenvalue weighted by Crippen LogP contribution is -2.32. The van der Waals surface area contributed by atoms with Gasteiger partial charge in [-0.25, -0.2) is 0 Å². The molecule has 1 heterocycles. The van der Waals surface area contributed by atoms with Gasteiger partial charge >= 0.3 is 5.97 Å². The van der Waals surface area contributed by atoms with E-state index in [0.29, 0.717) is 6.61 Å². The fourth-order valence-electron chi connectivity index (χ4n) is 2.26. The first-order valence-corrected chi connectivity index (χ1v) is 7.46. The lowest BCUT2D eigenvalue weighted by molar-refractivity contribution is -0.143. The summed E-state index contributed by atoms with van der Waals surface area (Å²) in [4.78, 5) is 27.1. The summed E-state index contributed by atoms with van der Waals surface area (Å²) in [6, 6.07) is 1.99. The Balaban J connectivity index is 2.02. The highest BCUT2D eigenvalue weighted by Gasteiger charge is 2.21. The average molecular weight is 281 g/mol.